The summed E-state index contributed by atoms with van der Waals surface area (Å²) >= 11 is 5.95. The lowest BCUT2D eigenvalue weighted by Crippen LogP contribution is -2.35. The van der Waals surface area contributed by atoms with Crippen molar-refractivity contribution >= 4 is 33.2 Å². The zero-order valence-electron chi connectivity index (χ0n) is 13.1. The van der Waals surface area contributed by atoms with Gasteiger partial charge in [-0.1, -0.05) is 23.7 Å². The van der Waals surface area contributed by atoms with Crippen LogP contribution in [0.4, 0.5) is 10.1 Å². The number of rotatable bonds is 5. The number of amides is 1. The second kappa shape index (κ2) is 7.29. The van der Waals surface area contributed by atoms with Gasteiger partial charge >= 0.3 is 0 Å². The van der Waals surface area contributed by atoms with E-state index in [0.717, 1.165) is 10.4 Å². The highest BCUT2D eigenvalue weighted by molar-refractivity contribution is 7.89. The molecule has 2 aromatic rings. The van der Waals surface area contributed by atoms with Crippen LogP contribution >= 0.6 is 11.6 Å². The fourth-order valence-corrected chi connectivity index (χ4v) is 3.69. The molecule has 0 bridgehead atoms. The number of carbonyl (C=O) groups excluding carboxylic acids is 1. The van der Waals surface area contributed by atoms with Gasteiger partial charge in [-0.3, -0.25) is 4.79 Å². The summed E-state index contributed by atoms with van der Waals surface area (Å²) in [4.78, 5) is 12.0. The first kappa shape index (κ1) is 18.4. The van der Waals surface area contributed by atoms with E-state index in [9.17, 15) is 17.6 Å². The fourth-order valence-electron chi connectivity index (χ4n) is 2.09. The predicted octanol–water partition coefficient (Wildman–Crippen LogP) is 3.05. The molecule has 0 aromatic heterocycles. The highest BCUT2D eigenvalue weighted by Crippen LogP contribution is 2.24. The van der Waals surface area contributed by atoms with Gasteiger partial charge in [-0.25, -0.2) is 12.8 Å². The van der Waals surface area contributed by atoms with Crippen LogP contribution in [0, 0.1) is 12.7 Å². The minimum absolute atomic E-state index is 0.0380. The van der Waals surface area contributed by atoms with Crippen molar-refractivity contribution in [2.24, 2.45) is 0 Å². The predicted molar refractivity (Wildman–Crippen MR) is 91.0 cm³/mol. The smallest absolute Gasteiger partial charge is 0.243 e. The SMILES string of the molecule is Cc1c(Cl)cccc1S(=O)(=O)N(C)CC(=O)Nc1cccc(F)c1. The normalized spacial score (nSPS) is 11.5. The van der Waals surface area contributed by atoms with E-state index < -0.39 is 28.3 Å². The Bertz CT molecular complexity index is 871. The second-order valence-corrected chi connectivity index (χ2v) is 7.60. The zero-order valence-corrected chi connectivity index (χ0v) is 14.7. The number of nitrogens with zero attached hydrogens (tertiary/aromatic N) is 1. The molecule has 0 heterocycles. The summed E-state index contributed by atoms with van der Waals surface area (Å²) in [6.07, 6.45) is 0. The lowest BCUT2D eigenvalue weighted by Gasteiger charge is -2.18. The lowest BCUT2D eigenvalue weighted by molar-refractivity contribution is -0.116. The number of halogens is 2. The number of anilines is 1. The lowest BCUT2D eigenvalue weighted by atomic mass is 10.2. The van der Waals surface area contributed by atoms with E-state index in [1.807, 2.05) is 0 Å². The molecule has 24 heavy (non-hydrogen) atoms. The zero-order chi connectivity index (χ0) is 17.9. The molecule has 5 nitrogen and oxygen atoms in total. The van der Waals surface area contributed by atoms with Crippen LogP contribution in [0.15, 0.2) is 47.4 Å². The first-order chi connectivity index (χ1) is 11.2. The van der Waals surface area contributed by atoms with Crippen LogP contribution < -0.4 is 5.32 Å². The topological polar surface area (TPSA) is 66.5 Å². The van der Waals surface area contributed by atoms with Gasteiger partial charge in [0, 0.05) is 17.8 Å². The van der Waals surface area contributed by atoms with Gasteiger partial charge in [0.2, 0.25) is 15.9 Å². The van der Waals surface area contributed by atoms with Crippen LogP contribution in [0.3, 0.4) is 0 Å². The van der Waals surface area contributed by atoms with Gasteiger partial charge in [-0.05, 0) is 42.8 Å². The average Bonchev–Trinajstić information content (AvgIpc) is 2.49. The second-order valence-electron chi connectivity index (χ2n) is 5.18. The van der Waals surface area contributed by atoms with E-state index in [4.69, 9.17) is 11.6 Å². The highest BCUT2D eigenvalue weighted by atomic mass is 35.5. The Balaban J connectivity index is 2.14. The monoisotopic (exact) mass is 370 g/mol. The number of hydrogen-bond donors (Lipinski definition) is 1. The Kier molecular flexibility index (Phi) is 5.58. The van der Waals surface area contributed by atoms with Gasteiger partial charge in [-0.15, -0.1) is 0 Å². The van der Waals surface area contributed by atoms with Crippen molar-refractivity contribution in [3.8, 4) is 0 Å². The van der Waals surface area contributed by atoms with Crippen molar-refractivity contribution in [1.82, 2.24) is 4.31 Å². The molecule has 0 aliphatic heterocycles. The molecule has 0 saturated carbocycles. The molecule has 8 heteroatoms. The van der Waals surface area contributed by atoms with E-state index >= 15 is 0 Å². The number of likely N-dealkylation sites (N-methyl/N-ethyl adjacent to an activating group) is 1. The summed E-state index contributed by atoms with van der Waals surface area (Å²) in [5.41, 5.74) is 0.668. The summed E-state index contributed by atoms with van der Waals surface area (Å²) in [7, 11) is -2.58. The van der Waals surface area contributed by atoms with Crippen molar-refractivity contribution in [2.75, 3.05) is 18.9 Å². The van der Waals surface area contributed by atoms with Crippen LogP contribution in [0.2, 0.25) is 5.02 Å². The minimum atomic E-state index is -3.87. The van der Waals surface area contributed by atoms with E-state index in [-0.39, 0.29) is 10.6 Å². The van der Waals surface area contributed by atoms with E-state index in [0.29, 0.717) is 10.6 Å². The Morgan fingerprint density at radius 1 is 1.25 bits per heavy atom. The number of sulfonamides is 1. The summed E-state index contributed by atoms with van der Waals surface area (Å²) in [5.74, 6) is -1.07. The Labute approximate surface area is 145 Å². The molecule has 2 rings (SSSR count). The van der Waals surface area contributed by atoms with Gasteiger partial charge in [-0.2, -0.15) is 4.31 Å². The van der Waals surface area contributed by atoms with Gasteiger partial charge in [0.1, 0.15) is 5.82 Å². The molecule has 0 aliphatic rings. The first-order valence-corrected chi connectivity index (χ1v) is 8.80. The molecule has 0 fully saturated rings. The highest BCUT2D eigenvalue weighted by Gasteiger charge is 2.25. The Morgan fingerprint density at radius 2 is 1.92 bits per heavy atom. The van der Waals surface area contributed by atoms with Crippen molar-refractivity contribution in [3.63, 3.8) is 0 Å². The fraction of sp³-hybridized carbons (Fsp3) is 0.188. The first-order valence-electron chi connectivity index (χ1n) is 6.98. The largest absolute Gasteiger partial charge is 0.325 e. The van der Waals surface area contributed by atoms with Crippen molar-refractivity contribution in [1.29, 1.82) is 0 Å². The molecule has 2 aromatic carbocycles. The Hall–Kier alpha value is -1.96. The van der Waals surface area contributed by atoms with Gasteiger partial charge in [0.05, 0.1) is 11.4 Å². The Morgan fingerprint density at radius 3 is 2.58 bits per heavy atom. The van der Waals surface area contributed by atoms with E-state index in [1.54, 1.807) is 13.0 Å². The van der Waals surface area contributed by atoms with Gasteiger partial charge in [0.25, 0.3) is 0 Å². The molecular formula is C16H16ClFN2O3S. The van der Waals surface area contributed by atoms with Crippen LogP contribution in [0.1, 0.15) is 5.56 Å². The number of hydrogen-bond acceptors (Lipinski definition) is 3. The third-order valence-corrected chi connectivity index (χ3v) is 5.74. The van der Waals surface area contributed by atoms with Crippen LogP contribution in [0.5, 0.6) is 0 Å². The van der Waals surface area contributed by atoms with Gasteiger partial charge < -0.3 is 5.32 Å². The molecule has 0 radical (unpaired) electrons. The maximum atomic E-state index is 13.1. The maximum Gasteiger partial charge on any atom is 0.243 e. The summed E-state index contributed by atoms with van der Waals surface area (Å²) in [5, 5.41) is 2.78. The van der Waals surface area contributed by atoms with Gasteiger partial charge in [0.15, 0.2) is 0 Å². The molecular weight excluding hydrogens is 355 g/mol. The summed E-state index contributed by atoms with van der Waals surface area (Å²) < 4.78 is 39.2. The average molecular weight is 371 g/mol. The molecule has 0 saturated heterocycles. The van der Waals surface area contributed by atoms with Crippen LogP contribution in [-0.2, 0) is 14.8 Å². The van der Waals surface area contributed by atoms with Crippen molar-refractivity contribution < 1.29 is 17.6 Å². The molecule has 0 atom stereocenters. The quantitative estimate of drug-likeness (QED) is 0.879. The van der Waals surface area contributed by atoms with E-state index in [2.05, 4.69) is 5.32 Å². The molecule has 128 valence electrons. The number of carbonyl (C=O) groups is 1. The standard InChI is InChI=1S/C16H16ClFN2O3S/c1-11-14(17)7-4-8-15(11)24(22,23)20(2)10-16(21)19-13-6-3-5-12(18)9-13/h3-9H,10H2,1-2H3,(H,19,21). The molecule has 0 aliphatic carbocycles. The van der Waals surface area contributed by atoms with Crippen molar-refractivity contribution in [3.05, 3.63) is 58.9 Å². The minimum Gasteiger partial charge on any atom is -0.325 e. The maximum absolute atomic E-state index is 13.1. The molecule has 0 unspecified atom stereocenters. The number of nitrogens with one attached hydrogen (secondary N) is 1. The number of benzene rings is 2. The van der Waals surface area contributed by atoms with Crippen molar-refractivity contribution in [2.45, 2.75) is 11.8 Å². The van der Waals surface area contributed by atoms with E-state index in [1.165, 1.54) is 37.4 Å². The summed E-state index contributed by atoms with van der Waals surface area (Å²) in [6.45, 7) is 1.18. The molecule has 1 amide bonds. The summed E-state index contributed by atoms with van der Waals surface area (Å²) in [6, 6.07) is 9.89. The molecule has 0 spiro atoms. The molecule has 1 N–H and O–H groups in total. The third kappa shape index (κ3) is 4.11. The third-order valence-electron chi connectivity index (χ3n) is 3.38. The van der Waals surface area contributed by atoms with Crippen LogP contribution in [0.25, 0.3) is 0 Å². The van der Waals surface area contributed by atoms with Crippen LogP contribution in [-0.4, -0.2) is 32.2 Å².